The van der Waals surface area contributed by atoms with Crippen LogP contribution in [0.4, 0.5) is 0 Å². The zero-order valence-electron chi connectivity index (χ0n) is 9.47. The number of pyridine rings is 1. The zero-order chi connectivity index (χ0) is 11.9. The van der Waals surface area contributed by atoms with E-state index in [4.69, 9.17) is 4.74 Å². The van der Waals surface area contributed by atoms with Gasteiger partial charge >= 0.3 is 0 Å². The van der Waals surface area contributed by atoms with Crippen molar-refractivity contribution >= 4 is 15.9 Å². The molecule has 2 rings (SSSR count). The highest BCUT2D eigenvalue weighted by Crippen LogP contribution is 2.12. The second kappa shape index (κ2) is 6.40. The van der Waals surface area contributed by atoms with Gasteiger partial charge in [0.2, 0.25) is 5.88 Å². The molecule has 0 amide bonds. The van der Waals surface area contributed by atoms with Gasteiger partial charge in [-0.3, -0.25) is 0 Å². The van der Waals surface area contributed by atoms with Gasteiger partial charge in [-0.25, -0.2) is 4.98 Å². The Kier molecular flexibility index (Phi) is 4.56. The summed E-state index contributed by atoms with van der Waals surface area (Å²) < 4.78 is 6.37. The highest BCUT2D eigenvalue weighted by Gasteiger charge is 1.97. The molecule has 0 atom stereocenters. The topological polar surface area (TPSA) is 22.1 Å². The summed E-state index contributed by atoms with van der Waals surface area (Å²) in [5.74, 6) is 0.674. The average molecular weight is 292 g/mol. The van der Waals surface area contributed by atoms with Gasteiger partial charge in [0.15, 0.2) is 0 Å². The first-order valence-corrected chi connectivity index (χ1v) is 6.43. The highest BCUT2D eigenvalue weighted by molar-refractivity contribution is 9.10. The molecule has 88 valence electrons. The molecule has 3 heteroatoms. The van der Waals surface area contributed by atoms with Crippen LogP contribution in [0.25, 0.3) is 0 Å². The van der Waals surface area contributed by atoms with E-state index in [2.05, 4.69) is 45.2 Å². The van der Waals surface area contributed by atoms with Crippen molar-refractivity contribution in [3.05, 3.63) is 58.7 Å². The minimum absolute atomic E-state index is 0.674. The van der Waals surface area contributed by atoms with E-state index in [9.17, 15) is 0 Å². The van der Waals surface area contributed by atoms with Crippen LogP contribution >= 0.6 is 15.9 Å². The summed E-state index contributed by atoms with van der Waals surface area (Å²) in [7, 11) is 0. The van der Waals surface area contributed by atoms with E-state index in [-0.39, 0.29) is 0 Å². The van der Waals surface area contributed by atoms with Crippen molar-refractivity contribution in [2.24, 2.45) is 0 Å². The third-order valence-electron chi connectivity index (χ3n) is 2.39. The van der Waals surface area contributed by atoms with Crippen LogP contribution in [-0.2, 0) is 6.42 Å². The predicted molar refractivity (Wildman–Crippen MR) is 72.2 cm³/mol. The molecule has 1 heterocycles. The molecule has 0 aliphatic carbocycles. The van der Waals surface area contributed by atoms with Crippen LogP contribution in [0.15, 0.2) is 53.1 Å². The van der Waals surface area contributed by atoms with E-state index in [0.29, 0.717) is 12.5 Å². The van der Waals surface area contributed by atoms with Crippen molar-refractivity contribution in [1.82, 2.24) is 4.98 Å². The molecule has 0 unspecified atom stereocenters. The molecule has 0 saturated carbocycles. The first kappa shape index (κ1) is 12.1. The van der Waals surface area contributed by atoms with Crippen molar-refractivity contribution in [2.45, 2.75) is 12.8 Å². The third-order valence-corrected chi connectivity index (χ3v) is 2.83. The monoisotopic (exact) mass is 291 g/mol. The van der Waals surface area contributed by atoms with Crippen molar-refractivity contribution in [2.75, 3.05) is 6.61 Å². The zero-order valence-corrected chi connectivity index (χ0v) is 11.1. The van der Waals surface area contributed by atoms with Gasteiger partial charge in [0.05, 0.1) is 6.61 Å². The fourth-order valence-corrected chi connectivity index (χ4v) is 1.90. The van der Waals surface area contributed by atoms with Crippen LogP contribution in [0.5, 0.6) is 5.88 Å². The van der Waals surface area contributed by atoms with Crippen molar-refractivity contribution in [3.8, 4) is 5.88 Å². The van der Waals surface area contributed by atoms with Crippen LogP contribution in [0, 0.1) is 0 Å². The van der Waals surface area contributed by atoms with Crippen molar-refractivity contribution in [3.63, 3.8) is 0 Å². The van der Waals surface area contributed by atoms with E-state index in [1.54, 1.807) is 0 Å². The predicted octanol–water partition coefficient (Wildman–Crippen LogP) is 3.86. The standard InChI is InChI=1S/C14H14BrNO/c15-13-9-4-10-14(16-13)17-11-5-8-12-6-2-1-3-7-12/h1-4,6-7,9-10H,5,8,11H2. The van der Waals surface area contributed by atoms with E-state index in [0.717, 1.165) is 17.4 Å². The fourth-order valence-electron chi connectivity index (χ4n) is 1.57. The molecule has 0 bridgehead atoms. The molecular weight excluding hydrogens is 278 g/mol. The van der Waals surface area contributed by atoms with E-state index in [1.165, 1.54) is 5.56 Å². The maximum atomic E-state index is 5.57. The van der Waals surface area contributed by atoms with Crippen LogP contribution < -0.4 is 4.74 Å². The molecule has 1 aromatic carbocycles. The highest BCUT2D eigenvalue weighted by atomic mass is 79.9. The molecule has 0 N–H and O–H groups in total. The molecule has 0 aliphatic heterocycles. The molecule has 0 saturated heterocycles. The van der Waals surface area contributed by atoms with Gasteiger partial charge in [-0.05, 0) is 40.4 Å². The number of aromatic nitrogens is 1. The number of ether oxygens (including phenoxy) is 1. The Bertz CT molecular complexity index is 459. The summed E-state index contributed by atoms with van der Waals surface area (Å²) in [6.45, 7) is 0.693. The van der Waals surface area contributed by atoms with E-state index >= 15 is 0 Å². The van der Waals surface area contributed by atoms with Gasteiger partial charge < -0.3 is 4.74 Å². The first-order valence-electron chi connectivity index (χ1n) is 5.64. The van der Waals surface area contributed by atoms with Crippen molar-refractivity contribution < 1.29 is 4.74 Å². The molecule has 2 aromatic rings. The average Bonchev–Trinajstić information content (AvgIpc) is 2.36. The number of rotatable bonds is 5. The Morgan fingerprint density at radius 1 is 1.00 bits per heavy atom. The Morgan fingerprint density at radius 3 is 2.59 bits per heavy atom. The maximum Gasteiger partial charge on any atom is 0.214 e. The fraction of sp³-hybridized carbons (Fsp3) is 0.214. The largest absolute Gasteiger partial charge is 0.478 e. The van der Waals surface area contributed by atoms with Crippen LogP contribution in [-0.4, -0.2) is 11.6 Å². The number of aryl methyl sites for hydroxylation is 1. The number of halogens is 1. The quantitative estimate of drug-likeness (QED) is 0.617. The lowest BCUT2D eigenvalue weighted by molar-refractivity contribution is 0.299. The van der Waals surface area contributed by atoms with E-state index in [1.807, 2.05) is 24.3 Å². The van der Waals surface area contributed by atoms with Gasteiger partial charge in [0, 0.05) is 6.07 Å². The Labute approximate surface area is 110 Å². The van der Waals surface area contributed by atoms with Crippen LogP contribution in [0.3, 0.4) is 0 Å². The molecule has 1 aromatic heterocycles. The molecule has 17 heavy (non-hydrogen) atoms. The van der Waals surface area contributed by atoms with Gasteiger partial charge in [-0.1, -0.05) is 36.4 Å². The number of benzene rings is 1. The minimum Gasteiger partial charge on any atom is -0.478 e. The minimum atomic E-state index is 0.674. The van der Waals surface area contributed by atoms with E-state index < -0.39 is 0 Å². The molecule has 0 spiro atoms. The van der Waals surface area contributed by atoms with Gasteiger partial charge in [0.1, 0.15) is 4.60 Å². The Hall–Kier alpha value is -1.35. The smallest absolute Gasteiger partial charge is 0.214 e. The molecule has 0 fully saturated rings. The summed E-state index contributed by atoms with van der Waals surface area (Å²) in [6, 6.07) is 16.1. The van der Waals surface area contributed by atoms with Gasteiger partial charge in [0.25, 0.3) is 0 Å². The first-order chi connectivity index (χ1) is 8.34. The summed E-state index contributed by atoms with van der Waals surface area (Å²) in [4.78, 5) is 4.21. The number of hydrogen-bond acceptors (Lipinski definition) is 2. The molecule has 0 aliphatic rings. The second-order valence-corrected chi connectivity index (χ2v) is 4.55. The summed E-state index contributed by atoms with van der Waals surface area (Å²) >= 11 is 3.32. The van der Waals surface area contributed by atoms with Crippen molar-refractivity contribution in [1.29, 1.82) is 0 Å². The number of nitrogens with zero attached hydrogens (tertiary/aromatic N) is 1. The maximum absolute atomic E-state index is 5.57. The molecule has 2 nitrogen and oxygen atoms in total. The normalized spacial score (nSPS) is 10.2. The Morgan fingerprint density at radius 2 is 1.82 bits per heavy atom. The summed E-state index contributed by atoms with van der Waals surface area (Å²) in [5.41, 5.74) is 1.35. The van der Waals surface area contributed by atoms with Crippen LogP contribution in [0.1, 0.15) is 12.0 Å². The summed E-state index contributed by atoms with van der Waals surface area (Å²) in [6.07, 6.45) is 2.03. The Balaban J connectivity index is 1.73. The van der Waals surface area contributed by atoms with Gasteiger partial charge in [-0.2, -0.15) is 0 Å². The summed E-state index contributed by atoms with van der Waals surface area (Å²) in [5, 5.41) is 0. The lowest BCUT2D eigenvalue weighted by Crippen LogP contribution is -2.00. The SMILES string of the molecule is Brc1cccc(OCCCc2ccccc2)n1. The van der Waals surface area contributed by atoms with Gasteiger partial charge in [-0.15, -0.1) is 0 Å². The lowest BCUT2D eigenvalue weighted by atomic mass is 10.1. The molecular formula is C14H14BrNO. The number of hydrogen-bond donors (Lipinski definition) is 0. The lowest BCUT2D eigenvalue weighted by Gasteiger charge is -2.05. The third kappa shape index (κ3) is 4.19. The molecule has 0 radical (unpaired) electrons. The second-order valence-electron chi connectivity index (χ2n) is 3.74. The van der Waals surface area contributed by atoms with Crippen LogP contribution in [0.2, 0.25) is 0 Å².